The largest absolute Gasteiger partial charge is 0.472 e. The molecule has 1 nitrogen and oxygen atoms in total. The zero-order valence-electron chi connectivity index (χ0n) is 6.71. The molecule has 58 valence electrons. The molecule has 0 aliphatic heterocycles. The summed E-state index contributed by atoms with van der Waals surface area (Å²) in [5.41, 5.74) is 2.27. The molecule has 0 aromatic carbocycles. The van der Waals surface area contributed by atoms with Gasteiger partial charge in [0.15, 0.2) is 0 Å². The Labute approximate surface area is 67.0 Å². The van der Waals surface area contributed by atoms with Crippen LogP contribution in [-0.2, 0) is 0 Å². The van der Waals surface area contributed by atoms with Gasteiger partial charge in [-0.1, -0.05) is 24.3 Å². The minimum absolute atomic E-state index is 0.936. The van der Waals surface area contributed by atoms with Crippen molar-refractivity contribution in [3.05, 3.63) is 42.4 Å². The fourth-order valence-corrected chi connectivity index (χ4v) is 0.766. The molecule has 0 saturated carbocycles. The molecule has 0 aliphatic rings. The van der Waals surface area contributed by atoms with E-state index < -0.39 is 0 Å². The van der Waals surface area contributed by atoms with Crippen molar-refractivity contribution in [3.63, 3.8) is 0 Å². The molecule has 0 amide bonds. The fraction of sp³-hybridized carbons (Fsp3) is 0.200. The topological polar surface area (TPSA) is 13.1 Å². The van der Waals surface area contributed by atoms with Crippen LogP contribution < -0.4 is 0 Å². The van der Waals surface area contributed by atoms with Gasteiger partial charge < -0.3 is 4.42 Å². The van der Waals surface area contributed by atoms with Crippen LogP contribution in [0.1, 0.15) is 18.9 Å². The monoisotopic (exact) mass is 148 g/mol. The maximum absolute atomic E-state index is 4.90. The van der Waals surface area contributed by atoms with Gasteiger partial charge in [-0.25, -0.2) is 0 Å². The summed E-state index contributed by atoms with van der Waals surface area (Å²) >= 11 is 0. The number of furan rings is 1. The van der Waals surface area contributed by atoms with Gasteiger partial charge in [-0.3, -0.25) is 0 Å². The van der Waals surface area contributed by atoms with Gasteiger partial charge in [0, 0.05) is 5.56 Å². The van der Waals surface area contributed by atoms with Gasteiger partial charge in [-0.05, 0) is 19.4 Å². The smallest absolute Gasteiger partial charge is 0.0974 e. The molecular formula is C10H12O. The molecule has 1 heterocycles. The first-order chi connectivity index (χ1) is 5.29. The van der Waals surface area contributed by atoms with Crippen LogP contribution in [0.5, 0.6) is 0 Å². The molecule has 11 heavy (non-hydrogen) atoms. The lowest BCUT2D eigenvalue weighted by atomic mass is 10.2. The van der Waals surface area contributed by atoms with Gasteiger partial charge in [-0.2, -0.15) is 0 Å². The normalized spacial score (nSPS) is 10.6. The molecule has 0 bridgehead atoms. The molecule has 1 aromatic rings. The Kier molecular flexibility index (Phi) is 2.73. The molecule has 0 atom stereocenters. The van der Waals surface area contributed by atoms with Gasteiger partial charge in [0.05, 0.1) is 12.5 Å². The van der Waals surface area contributed by atoms with Gasteiger partial charge in [-0.15, -0.1) is 0 Å². The average Bonchev–Trinajstić information content (AvgIpc) is 2.39. The summed E-state index contributed by atoms with van der Waals surface area (Å²) in [4.78, 5) is 0. The second kappa shape index (κ2) is 3.81. The van der Waals surface area contributed by atoms with Gasteiger partial charge in [0.2, 0.25) is 0 Å². The Hall–Kier alpha value is -1.24. The van der Waals surface area contributed by atoms with Crippen molar-refractivity contribution in [3.8, 4) is 0 Å². The highest BCUT2D eigenvalue weighted by Crippen LogP contribution is 2.04. The maximum Gasteiger partial charge on any atom is 0.0974 e. The van der Waals surface area contributed by atoms with Crippen LogP contribution in [0.2, 0.25) is 0 Å². The van der Waals surface area contributed by atoms with Crippen molar-refractivity contribution in [2.24, 2.45) is 0 Å². The Morgan fingerprint density at radius 3 is 3.09 bits per heavy atom. The zero-order chi connectivity index (χ0) is 8.10. The van der Waals surface area contributed by atoms with Crippen molar-refractivity contribution in [2.45, 2.75) is 13.3 Å². The summed E-state index contributed by atoms with van der Waals surface area (Å²) in [6.07, 6.45) is 8.42. The molecule has 0 spiro atoms. The molecule has 1 heteroatoms. The quantitative estimate of drug-likeness (QED) is 0.599. The summed E-state index contributed by atoms with van der Waals surface area (Å²) in [5, 5.41) is 0. The van der Waals surface area contributed by atoms with Gasteiger partial charge in [0.1, 0.15) is 0 Å². The van der Waals surface area contributed by atoms with Crippen molar-refractivity contribution < 1.29 is 4.42 Å². The molecule has 0 saturated heterocycles. The van der Waals surface area contributed by atoms with E-state index in [0.717, 1.165) is 12.0 Å². The van der Waals surface area contributed by atoms with Crippen molar-refractivity contribution >= 4 is 6.08 Å². The van der Waals surface area contributed by atoms with Crippen molar-refractivity contribution in [1.82, 2.24) is 0 Å². The summed E-state index contributed by atoms with van der Waals surface area (Å²) in [6, 6.07) is 1.93. The van der Waals surface area contributed by atoms with Crippen molar-refractivity contribution in [1.29, 1.82) is 0 Å². The first kappa shape index (κ1) is 7.86. The molecule has 1 aromatic heterocycles. The lowest BCUT2D eigenvalue weighted by molar-refractivity contribution is 0.567. The molecular weight excluding hydrogens is 136 g/mol. The third-order valence-corrected chi connectivity index (χ3v) is 1.32. The van der Waals surface area contributed by atoms with E-state index in [1.807, 2.05) is 19.1 Å². The first-order valence-electron chi connectivity index (χ1n) is 3.62. The number of hydrogen-bond acceptors (Lipinski definition) is 1. The molecule has 1 rings (SSSR count). The number of hydrogen-bond donors (Lipinski definition) is 0. The van der Waals surface area contributed by atoms with E-state index in [0.29, 0.717) is 0 Å². The van der Waals surface area contributed by atoms with E-state index in [2.05, 4.69) is 12.7 Å². The van der Waals surface area contributed by atoms with E-state index in [-0.39, 0.29) is 0 Å². The number of rotatable bonds is 3. The molecule has 0 radical (unpaired) electrons. The summed E-state index contributed by atoms with van der Waals surface area (Å²) in [5.74, 6) is 0. The molecule has 0 fully saturated rings. The SMILES string of the molecule is C=C(C)C/C=C/c1ccoc1. The fourth-order valence-electron chi connectivity index (χ4n) is 0.766. The van der Waals surface area contributed by atoms with Crippen LogP contribution in [0, 0.1) is 0 Å². The number of allylic oxidation sites excluding steroid dienone is 2. The second-order valence-corrected chi connectivity index (χ2v) is 2.62. The Balaban J connectivity index is 2.43. The predicted octanol–water partition coefficient (Wildman–Crippen LogP) is 3.26. The molecule has 0 aliphatic carbocycles. The van der Waals surface area contributed by atoms with Crippen LogP contribution >= 0.6 is 0 Å². The summed E-state index contributed by atoms with van der Waals surface area (Å²) in [6.45, 7) is 5.81. The van der Waals surface area contributed by atoms with E-state index in [4.69, 9.17) is 4.42 Å². The standard InChI is InChI=1S/C10H12O/c1-9(2)4-3-5-10-6-7-11-8-10/h3,5-8H,1,4H2,2H3/b5-3+. The average molecular weight is 148 g/mol. The highest BCUT2D eigenvalue weighted by molar-refractivity contribution is 5.47. The Morgan fingerprint density at radius 2 is 2.55 bits per heavy atom. The Bertz CT molecular complexity index is 242. The van der Waals surface area contributed by atoms with Crippen molar-refractivity contribution in [2.75, 3.05) is 0 Å². The zero-order valence-corrected chi connectivity index (χ0v) is 6.71. The van der Waals surface area contributed by atoms with Gasteiger partial charge in [0.25, 0.3) is 0 Å². The minimum Gasteiger partial charge on any atom is -0.472 e. The molecule has 0 N–H and O–H groups in total. The second-order valence-electron chi connectivity index (χ2n) is 2.62. The van der Waals surface area contributed by atoms with E-state index in [1.165, 1.54) is 5.57 Å². The predicted molar refractivity (Wildman–Crippen MR) is 47.2 cm³/mol. The minimum atomic E-state index is 0.936. The lowest BCUT2D eigenvalue weighted by Crippen LogP contribution is -1.66. The maximum atomic E-state index is 4.90. The van der Waals surface area contributed by atoms with Crippen LogP contribution in [0.3, 0.4) is 0 Å². The highest BCUT2D eigenvalue weighted by atomic mass is 16.3. The van der Waals surface area contributed by atoms with E-state index >= 15 is 0 Å². The van der Waals surface area contributed by atoms with Crippen LogP contribution in [-0.4, -0.2) is 0 Å². The lowest BCUT2D eigenvalue weighted by Gasteiger charge is -1.87. The van der Waals surface area contributed by atoms with Gasteiger partial charge >= 0.3 is 0 Å². The van der Waals surface area contributed by atoms with E-state index in [1.54, 1.807) is 12.5 Å². The molecule has 0 unspecified atom stereocenters. The highest BCUT2D eigenvalue weighted by Gasteiger charge is 1.85. The van der Waals surface area contributed by atoms with Crippen LogP contribution in [0.4, 0.5) is 0 Å². The Morgan fingerprint density at radius 1 is 1.73 bits per heavy atom. The summed E-state index contributed by atoms with van der Waals surface area (Å²) in [7, 11) is 0. The third-order valence-electron chi connectivity index (χ3n) is 1.32. The summed E-state index contributed by atoms with van der Waals surface area (Å²) < 4.78 is 4.90. The van der Waals surface area contributed by atoms with E-state index in [9.17, 15) is 0 Å². The van der Waals surface area contributed by atoms with Crippen LogP contribution in [0.15, 0.2) is 41.2 Å². The third kappa shape index (κ3) is 2.89. The first-order valence-corrected chi connectivity index (χ1v) is 3.62. The van der Waals surface area contributed by atoms with Crippen LogP contribution in [0.25, 0.3) is 6.08 Å².